The molecule has 0 radical (unpaired) electrons. The van der Waals surface area contributed by atoms with Crippen LogP contribution in [0.25, 0.3) is 0 Å². The normalized spacial score (nSPS) is 16.9. The molecule has 0 saturated heterocycles. The average Bonchev–Trinajstić information content (AvgIpc) is 3.10. The van der Waals surface area contributed by atoms with Crippen molar-refractivity contribution < 1.29 is 18.0 Å². The first-order valence-electron chi connectivity index (χ1n) is 9.04. The number of nitrogens with one attached hydrogen (secondary N) is 1. The number of anilines is 2. The minimum atomic E-state index is -3.67. The van der Waals surface area contributed by atoms with Gasteiger partial charge in [-0.1, -0.05) is 25.1 Å². The Morgan fingerprint density at radius 3 is 2.86 bits per heavy atom. The van der Waals surface area contributed by atoms with E-state index < -0.39 is 15.8 Å². The Morgan fingerprint density at radius 1 is 1.25 bits per heavy atom. The number of nitrogens with zero attached hydrogens (tertiary/aromatic N) is 1. The lowest BCUT2D eigenvalue weighted by molar-refractivity contribution is -0.121. The van der Waals surface area contributed by atoms with Crippen LogP contribution in [0.4, 0.5) is 11.4 Å². The van der Waals surface area contributed by atoms with Crippen molar-refractivity contribution in [3.05, 3.63) is 48.0 Å². The van der Waals surface area contributed by atoms with Crippen LogP contribution >= 0.6 is 11.8 Å². The fourth-order valence-electron chi connectivity index (χ4n) is 3.59. The highest BCUT2D eigenvalue weighted by molar-refractivity contribution is 8.00. The Kier molecular flexibility index (Phi) is 4.93. The van der Waals surface area contributed by atoms with Crippen LogP contribution < -0.4 is 10.2 Å². The third kappa shape index (κ3) is 3.54. The van der Waals surface area contributed by atoms with E-state index in [9.17, 15) is 18.0 Å². The van der Waals surface area contributed by atoms with Gasteiger partial charge in [-0.2, -0.15) is 0 Å². The molecule has 2 aliphatic heterocycles. The molecule has 2 aliphatic rings. The first-order valence-corrected chi connectivity index (χ1v) is 11.7. The van der Waals surface area contributed by atoms with Crippen LogP contribution in [0.15, 0.2) is 52.3 Å². The van der Waals surface area contributed by atoms with E-state index in [4.69, 9.17) is 0 Å². The highest BCUT2D eigenvalue weighted by atomic mass is 32.2. The summed E-state index contributed by atoms with van der Waals surface area (Å²) in [6.07, 6.45) is 0.781. The first kappa shape index (κ1) is 19.0. The van der Waals surface area contributed by atoms with Crippen molar-refractivity contribution in [3.8, 4) is 0 Å². The molecule has 0 aliphatic carbocycles. The van der Waals surface area contributed by atoms with Crippen molar-refractivity contribution in [3.63, 3.8) is 0 Å². The Balaban J connectivity index is 1.53. The molecule has 4 rings (SSSR count). The van der Waals surface area contributed by atoms with Gasteiger partial charge in [-0.3, -0.25) is 9.59 Å². The SMILES string of the molecule is C[C@H](CS(=O)(=O)c1ccc2c(c1)NC(=O)CS2)C(=O)N1CCc2ccccc21. The monoisotopic (exact) mass is 416 g/mol. The van der Waals surface area contributed by atoms with Crippen LogP contribution in [0.1, 0.15) is 12.5 Å². The van der Waals surface area contributed by atoms with E-state index in [2.05, 4.69) is 5.32 Å². The van der Waals surface area contributed by atoms with Crippen LogP contribution in [0, 0.1) is 5.92 Å². The molecule has 0 fully saturated rings. The number of sulfone groups is 1. The second-order valence-corrected chi connectivity index (χ2v) is 10.1. The smallest absolute Gasteiger partial charge is 0.234 e. The molecular formula is C20H20N2O4S2. The molecule has 146 valence electrons. The van der Waals surface area contributed by atoms with E-state index in [0.29, 0.717) is 18.0 Å². The van der Waals surface area contributed by atoms with E-state index in [1.54, 1.807) is 24.0 Å². The predicted octanol–water partition coefficient (Wildman–Crippen LogP) is 2.73. The summed E-state index contributed by atoms with van der Waals surface area (Å²) >= 11 is 1.38. The minimum Gasteiger partial charge on any atom is -0.324 e. The number of rotatable bonds is 4. The van der Waals surface area contributed by atoms with Crippen LogP contribution in [-0.4, -0.2) is 38.3 Å². The first-order chi connectivity index (χ1) is 13.3. The lowest BCUT2D eigenvalue weighted by Crippen LogP contribution is -2.36. The van der Waals surface area contributed by atoms with Crippen molar-refractivity contribution in [1.29, 1.82) is 0 Å². The minimum absolute atomic E-state index is 0.121. The van der Waals surface area contributed by atoms with Crippen LogP contribution in [-0.2, 0) is 25.8 Å². The second-order valence-electron chi connectivity index (χ2n) is 7.05. The Hall–Kier alpha value is -2.32. The third-order valence-electron chi connectivity index (χ3n) is 4.99. The fraction of sp³-hybridized carbons (Fsp3) is 0.300. The molecule has 2 aromatic carbocycles. The number of hydrogen-bond acceptors (Lipinski definition) is 5. The topological polar surface area (TPSA) is 83.5 Å². The van der Waals surface area contributed by atoms with Gasteiger partial charge in [0, 0.05) is 23.0 Å². The van der Waals surface area contributed by atoms with Crippen LogP contribution in [0.2, 0.25) is 0 Å². The quantitative estimate of drug-likeness (QED) is 0.829. The summed E-state index contributed by atoms with van der Waals surface area (Å²) in [5.74, 6) is -0.957. The van der Waals surface area contributed by atoms with E-state index in [0.717, 1.165) is 22.6 Å². The second kappa shape index (κ2) is 7.25. The van der Waals surface area contributed by atoms with E-state index in [-0.39, 0.29) is 22.5 Å². The zero-order valence-electron chi connectivity index (χ0n) is 15.3. The molecule has 1 N–H and O–H groups in total. The molecule has 2 amide bonds. The Labute approximate surface area is 168 Å². The number of amides is 2. The molecule has 2 aromatic rings. The molecule has 28 heavy (non-hydrogen) atoms. The largest absolute Gasteiger partial charge is 0.324 e. The molecule has 0 spiro atoms. The number of para-hydroxylation sites is 1. The Morgan fingerprint density at radius 2 is 2.04 bits per heavy atom. The summed E-state index contributed by atoms with van der Waals surface area (Å²) in [4.78, 5) is 27.1. The maximum absolute atomic E-state index is 12.9. The van der Waals surface area contributed by atoms with Gasteiger partial charge in [-0.15, -0.1) is 11.8 Å². The molecular weight excluding hydrogens is 396 g/mol. The molecule has 0 aromatic heterocycles. The number of carbonyl (C=O) groups is 2. The molecule has 2 heterocycles. The van der Waals surface area contributed by atoms with Crippen molar-refractivity contribution in [2.75, 3.05) is 28.3 Å². The lowest BCUT2D eigenvalue weighted by Gasteiger charge is -2.22. The van der Waals surface area contributed by atoms with Crippen molar-refractivity contribution in [2.24, 2.45) is 5.92 Å². The lowest BCUT2D eigenvalue weighted by atomic mass is 10.1. The summed E-state index contributed by atoms with van der Waals surface area (Å²) in [5, 5.41) is 2.70. The summed E-state index contributed by atoms with van der Waals surface area (Å²) in [6.45, 7) is 2.22. The predicted molar refractivity (Wildman–Crippen MR) is 110 cm³/mol. The summed E-state index contributed by atoms with van der Waals surface area (Å²) in [6, 6.07) is 12.4. The van der Waals surface area contributed by atoms with Gasteiger partial charge in [0.1, 0.15) is 0 Å². The highest BCUT2D eigenvalue weighted by Gasteiger charge is 2.31. The third-order valence-corrected chi connectivity index (χ3v) is 7.97. The number of fused-ring (bicyclic) bond motifs is 2. The van der Waals surface area contributed by atoms with E-state index in [1.165, 1.54) is 17.8 Å². The van der Waals surface area contributed by atoms with Gasteiger partial charge in [0.25, 0.3) is 0 Å². The van der Waals surface area contributed by atoms with Crippen LogP contribution in [0.5, 0.6) is 0 Å². The summed E-state index contributed by atoms with van der Waals surface area (Å²) < 4.78 is 25.8. The highest BCUT2D eigenvalue weighted by Crippen LogP contribution is 2.34. The number of benzene rings is 2. The zero-order chi connectivity index (χ0) is 19.9. The van der Waals surface area contributed by atoms with Crippen LogP contribution in [0.3, 0.4) is 0 Å². The van der Waals surface area contributed by atoms with Gasteiger partial charge in [-0.25, -0.2) is 8.42 Å². The molecule has 6 nitrogen and oxygen atoms in total. The molecule has 0 unspecified atom stereocenters. The molecule has 0 bridgehead atoms. The van der Waals surface area contributed by atoms with Crippen molar-refractivity contribution >= 4 is 44.8 Å². The van der Waals surface area contributed by atoms with Gasteiger partial charge in [0.2, 0.25) is 11.8 Å². The van der Waals surface area contributed by atoms with Crippen molar-refractivity contribution in [1.82, 2.24) is 0 Å². The Bertz CT molecular complexity index is 1070. The van der Waals surface area contributed by atoms with E-state index in [1.807, 2.05) is 24.3 Å². The van der Waals surface area contributed by atoms with Gasteiger partial charge >= 0.3 is 0 Å². The maximum Gasteiger partial charge on any atom is 0.234 e. The fourth-order valence-corrected chi connectivity index (χ4v) is 5.94. The summed E-state index contributed by atoms with van der Waals surface area (Å²) in [7, 11) is -3.67. The zero-order valence-corrected chi connectivity index (χ0v) is 17.0. The molecule has 0 saturated carbocycles. The molecule has 1 atom stereocenters. The standard InChI is InChI=1S/C20H20N2O4S2/c1-13(20(24)22-9-8-14-4-2-3-5-17(14)22)12-28(25,26)15-6-7-18-16(10-15)21-19(23)11-27-18/h2-7,10,13H,8-9,11-12H2,1H3,(H,21,23)/t13-/m1/s1. The molecule has 8 heteroatoms. The van der Waals surface area contributed by atoms with Gasteiger partial charge < -0.3 is 10.2 Å². The number of thioether (sulfide) groups is 1. The maximum atomic E-state index is 12.9. The van der Waals surface area contributed by atoms with Gasteiger partial charge in [-0.05, 0) is 36.2 Å². The van der Waals surface area contributed by atoms with Gasteiger partial charge in [0.05, 0.1) is 22.1 Å². The van der Waals surface area contributed by atoms with Gasteiger partial charge in [0.15, 0.2) is 9.84 Å². The average molecular weight is 417 g/mol. The van der Waals surface area contributed by atoms with E-state index >= 15 is 0 Å². The van der Waals surface area contributed by atoms with Crippen molar-refractivity contribution in [2.45, 2.75) is 23.1 Å². The number of carbonyl (C=O) groups excluding carboxylic acids is 2. The number of hydrogen-bond donors (Lipinski definition) is 1. The summed E-state index contributed by atoms with van der Waals surface area (Å²) in [5.41, 5.74) is 2.48.